The number of hydrogen-bond acceptors (Lipinski definition) is 6. The first-order chi connectivity index (χ1) is 13.4. The van der Waals surface area contributed by atoms with Crippen molar-refractivity contribution in [3.05, 3.63) is 35.9 Å². The predicted molar refractivity (Wildman–Crippen MR) is 113 cm³/mol. The summed E-state index contributed by atoms with van der Waals surface area (Å²) in [6.07, 6.45) is 1.30. The predicted octanol–water partition coefficient (Wildman–Crippen LogP) is 1.02. The van der Waals surface area contributed by atoms with Crippen molar-refractivity contribution in [1.29, 1.82) is 0 Å². The van der Waals surface area contributed by atoms with Gasteiger partial charge in [0, 0.05) is 12.2 Å². The van der Waals surface area contributed by atoms with E-state index in [-0.39, 0.29) is 37.1 Å². The molecule has 0 aliphatic heterocycles. The summed E-state index contributed by atoms with van der Waals surface area (Å²) in [7, 11) is 0. The van der Waals surface area contributed by atoms with Crippen molar-refractivity contribution in [2.24, 2.45) is 23.3 Å². The first kappa shape index (κ1) is 24.1. The molecule has 1 rings (SSSR count). The van der Waals surface area contributed by atoms with E-state index in [2.05, 4.69) is 22.2 Å². The first-order valence-corrected chi connectivity index (χ1v) is 10.6. The second-order valence-electron chi connectivity index (χ2n) is 6.83. The van der Waals surface area contributed by atoms with E-state index in [1.54, 1.807) is 6.92 Å². The molecule has 1 aromatic rings. The molecule has 6 N–H and O–H groups in total. The second kappa shape index (κ2) is 13.3. The molecule has 1 aromatic carbocycles. The second-order valence-corrected chi connectivity index (χ2v) is 7.82. The van der Waals surface area contributed by atoms with Gasteiger partial charge in [0.15, 0.2) is 5.78 Å². The zero-order valence-electron chi connectivity index (χ0n) is 16.6. The van der Waals surface area contributed by atoms with Gasteiger partial charge in [-0.2, -0.15) is 0 Å². The van der Waals surface area contributed by atoms with Crippen molar-refractivity contribution in [3.63, 3.8) is 0 Å². The molecule has 0 fully saturated rings. The van der Waals surface area contributed by atoms with E-state index in [0.29, 0.717) is 6.42 Å². The van der Waals surface area contributed by atoms with Gasteiger partial charge in [-0.05, 0) is 30.9 Å². The van der Waals surface area contributed by atoms with Gasteiger partial charge in [-0.1, -0.05) is 56.1 Å². The molecule has 0 spiro atoms. The summed E-state index contributed by atoms with van der Waals surface area (Å²) in [6, 6.07) is 9.52. The summed E-state index contributed by atoms with van der Waals surface area (Å²) in [5.41, 5.74) is 12.1. The number of benzene rings is 1. The van der Waals surface area contributed by atoms with Crippen LogP contribution in [0.4, 0.5) is 0 Å². The summed E-state index contributed by atoms with van der Waals surface area (Å²) in [4.78, 5) is 36.2. The molecule has 0 aromatic heterocycles. The Balaban J connectivity index is 2.44. The quantitative estimate of drug-likeness (QED) is 0.269. The number of nitrogens with one attached hydrogen (secondary N) is 2. The van der Waals surface area contributed by atoms with E-state index in [4.69, 9.17) is 11.5 Å². The molecule has 0 saturated carbocycles. The maximum Gasteiger partial charge on any atom is 0.224 e. The molecule has 2 amide bonds. The largest absolute Gasteiger partial charge is 0.370 e. The highest BCUT2D eigenvalue weighted by molar-refractivity contribution is 7.97. The van der Waals surface area contributed by atoms with Crippen LogP contribution in [-0.4, -0.2) is 42.5 Å². The van der Waals surface area contributed by atoms with Gasteiger partial charge < -0.3 is 16.8 Å². The molecular formula is C20H32N4O3S. The van der Waals surface area contributed by atoms with Crippen LogP contribution in [0.15, 0.2) is 30.3 Å². The average molecular weight is 409 g/mol. The van der Waals surface area contributed by atoms with Crippen LogP contribution in [-0.2, 0) is 20.8 Å². The average Bonchev–Trinajstić information content (AvgIpc) is 2.69. The van der Waals surface area contributed by atoms with Crippen LogP contribution in [0.5, 0.6) is 0 Å². The lowest BCUT2D eigenvalue weighted by Gasteiger charge is -2.24. The van der Waals surface area contributed by atoms with Crippen LogP contribution in [0.25, 0.3) is 0 Å². The molecule has 0 radical (unpaired) electrons. The summed E-state index contributed by atoms with van der Waals surface area (Å²) < 4.78 is 3.06. The highest BCUT2D eigenvalue weighted by atomic mass is 32.2. The number of primary amides is 1. The monoisotopic (exact) mass is 408 g/mol. The molecule has 0 heterocycles. The Morgan fingerprint density at radius 1 is 1.18 bits per heavy atom. The van der Waals surface area contributed by atoms with Crippen LogP contribution in [0.2, 0.25) is 0 Å². The lowest BCUT2D eigenvalue weighted by molar-refractivity contribution is -0.133. The van der Waals surface area contributed by atoms with Gasteiger partial charge >= 0.3 is 0 Å². The van der Waals surface area contributed by atoms with E-state index < -0.39 is 17.9 Å². The van der Waals surface area contributed by atoms with Gasteiger partial charge in [-0.3, -0.25) is 19.1 Å². The SMILES string of the molecule is CCC(NC(=O)C(CC(N)=O)C(C)CN)C(=O)CNSCCc1ccccc1. The minimum Gasteiger partial charge on any atom is -0.370 e. The van der Waals surface area contributed by atoms with E-state index in [1.165, 1.54) is 17.5 Å². The fraction of sp³-hybridized carbons (Fsp3) is 0.550. The summed E-state index contributed by atoms with van der Waals surface area (Å²) in [6.45, 7) is 4.04. The smallest absolute Gasteiger partial charge is 0.224 e. The standard InChI is InChI=1S/C20H32N4O3S/c1-3-17(24-20(27)16(11-19(22)26)14(2)12-21)18(25)13-23-28-10-9-15-7-5-4-6-8-15/h4-8,14,16-17,23H,3,9-13,21H2,1-2H3,(H2,22,26)(H,24,27). The molecule has 0 aliphatic carbocycles. The van der Waals surface area contributed by atoms with Crippen LogP contribution in [0.1, 0.15) is 32.3 Å². The molecule has 156 valence electrons. The van der Waals surface area contributed by atoms with E-state index >= 15 is 0 Å². The molecular weight excluding hydrogens is 376 g/mol. The zero-order chi connectivity index (χ0) is 20.9. The minimum atomic E-state index is -0.627. The third kappa shape index (κ3) is 8.86. The lowest BCUT2D eigenvalue weighted by Crippen LogP contribution is -2.48. The number of carbonyl (C=O) groups is 3. The maximum atomic E-state index is 12.5. The highest BCUT2D eigenvalue weighted by Crippen LogP contribution is 2.15. The molecule has 28 heavy (non-hydrogen) atoms. The number of amides is 2. The third-order valence-electron chi connectivity index (χ3n) is 4.61. The van der Waals surface area contributed by atoms with Crippen LogP contribution in [0.3, 0.4) is 0 Å². The molecule has 3 unspecified atom stereocenters. The van der Waals surface area contributed by atoms with Gasteiger partial charge in [0.05, 0.1) is 18.5 Å². The van der Waals surface area contributed by atoms with Crippen molar-refractivity contribution in [2.75, 3.05) is 18.8 Å². The number of nitrogens with two attached hydrogens (primary N) is 2. The zero-order valence-corrected chi connectivity index (χ0v) is 17.5. The normalized spacial score (nSPS) is 14.1. The number of carbonyl (C=O) groups excluding carboxylic acids is 3. The molecule has 0 bridgehead atoms. The first-order valence-electron chi connectivity index (χ1n) is 9.59. The Morgan fingerprint density at radius 3 is 2.43 bits per heavy atom. The molecule has 0 aliphatic rings. The number of aryl methyl sites for hydroxylation is 1. The number of rotatable bonds is 14. The summed E-state index contributed by atoms with van der Waals surface area (Å²) in [5, 5.41) is 2.75. The minimum absolute atomic E-state index is 0.0809. The molecule has 7 nitrogen and oxygen atoms in total. The molecule has 8 heteroatoms. The Bertz CT molecular complexity index is 627. The Kier molecular flexibility index (Phi) is 11.5. The van der Waals surface area contributed by atoms with Crippen molar-refractivity contribution < 1.29 is 14.4 Å². The van der Waals surface area contributed by atoms with E-state index in [0.717, 1.165) is 12.2 Å². The summed E-state index contributed by atoms with van der Waals surface area (Å²) >= 11 is 1.49. The van der Waals surface area contributed by atoms with Gasteiger partial charge in [0.1, 0.15) is 0 Å². The molecule has 3 atom stereocenters. The Morgan fingerprint density at radius 2 is 1.86 bits per heavy atom. The third-order valence-corrected chi connectivity index (χ3v) is 5.37. The van der Waals surface area contributed by atoms with Crippen molar-refractivity contribution in [2.45, 2.75) is 39.2 Å². The fourth-order valence-electron chi connectivity index (χ4n) is 2.75. The Labute approximate surface area is 171 Å². The number of hydrogen-bond donors (Lipinski definition) is 4. The lowest BCUT2D eigenvalue weighted by atomic mass is 9.89. The fourth-order valence-corrected chi connectivity index (χ4v) is 3.48. The van der Waals surface area contributed by atoms with Gasteiger partial charge in [0.2, 0.25) is 11.8 Å². The van der Waals surface area contributed by atoms with E-state index in [9.17, 15) is 14.4 Å². The van der Waals surface area contributed by atoms with Crippen LogP contribution in [0, 0.1) is 11.8 Å². The topological polar surface area (TPSA) is 127 Å². The van der Waals surface area contributed by atoms with Gasteiger partial charge in [-0.15, -0.1) is 0 Å². The van der Waals surface area contributed by atoms with Crippen molar-refractivity contribution in [3.8, 4) is 0 Å². The van der Waals surface area contributed by atoms with E-state index in [1.807, 2.05) is 25.1 Å². The van der Waals surface area contributed by atoms with Crippen LogP contribution < -0.4 is 21.5 Å². The van der Waals surface area contributed by atoms with Gasteiger partial charge in [0.25, 0.3) is 0 Å². The Hall–Kier alpha value is -1.90. The highest BCUT2D eigenvalue weighted by Gasteiger charge is 2.29. The number of ketones is 1. The van der Waals surface area contributed by atoms with Crippen LogP contribution >= 0.6 is 11.9 Å². The van der Waals surface area contributed by atoms with Crippen molar-refractivity contribution >= 4 is 29.5 Å². The van der Waals surface area contributed by atoms with Crippen molar-refractivity contribution in [1.82, 2.24) is 10.0 Å². The summed E-state index contributed by atoms with van der Waals surface area (Å²) in [5.74, 6) is -0.995. The number of Topliss-reactive ketones (excluding diaryl/α,β-unsaturated/α-hetero) is 1. The van der Waals surface area contributed by atoms with Gasteiger partial charge in [-0.25, -0.2) is 0 Å². The molecule has 0 saturated heterocycles. The maximum absolute atomic E-state index is 12.5.